The van der Waals surface area contributed by atoms with Gasteiger partial charge in [-0.2, -0.15) is 0 Å². The molecule has 0 aliphatic carbocycles. The summed E-state index contributed by atoms with van der Waals surface area (Å²) < 4.78 is 2.55. The molecule has 1 N–H and O–H groups in total. The fourth-order valence-corrected chi connectivity index (χ4v) is 3.26. The van der Waals surface area contributed by atoms with Gasteiger partial charge < -0.3 is 5.32 Å². The van der Waals surface area contributed by atoms with Gasteiger partial charge in [-0.05, 0) is 53.7 Å². The van der Waals surface area contributed by atoms with Gasteiger partial charge in [-0.25, -0.2) is 9.67 Å². The van der Waals surface area contributed by atoms with Crippen molar-refractivity contribution in [3.63, 3.8) is 0 Å². The van der Waals surface area contributed by atoms with Crippen LogP contribution in [0.25, 0.3) is 15.9 Å². The van der Waals surface area contributed by atoms with Crippen molar-refractivity contribution in [2.75, 3.05) is 5.32 Å². The molecule has 0 radical (unpaired) electrons. The van der Waals surface area contributed by atoms with E-state index in [-0.39, 0.29) is 5.91 Å². The number of anilines is 1. The summed E-state index contributed by atoms with van der Waals surface area (Å²) in [7, 11) is 0. The minimum absolute atomic E-state index is 0.189. The lowest BCUT2D eigenvalue weighted by Crippen LogP contribution is -2.12. The summed E-state index contributed by atoms with van der Waals surface area (Å²) in [6.45, 7) is 1.97. The fourth-order valence-electron chi connectivity index (χ4n) is 2.39. The number of tetrazole rings is 1. The molecule has 24 heavy (non-hydrogen) atoms. The Hall–Kier alpha value is -3.13. The van der Waals surface area contributed by atoms with Gasteiger partial charge in [-0.3, -0.25) is 4.79 Å². The second-order valence-electron chi connectivity index (χ2n) is 5.17. The summed E-state index contributed by atoms with van der Waals surface area (Å²) in [4.78, 5) is 16.9. The van der Waals surface area contributed by atoms with E-state index in [0.717, 1.165) is 26.6 Å². The molecule has 1 amide bonds. The lowest BCUT2D eigenvalue weighted by Gasteiger charge is -2.07. The Balaban J connectivity index is 1.60. The summed E-state index contributed by atoms with van der Waals surface area (Å²) in [5.41, 5.74) is 2.94. The van der Waals surface area contributed by atoms with E-state index in [1.807, 2.05) is 31.2 Å². The van der Waals surface area contributed by atoms with Crippen LogP contribution in [0.3, 0.4) is 0 Å². The fraction of sp³-hybridized carbons (Fsp3) is 0.0625. The highest BCUT2D eigenvalue weighted by atomic mass is 32.1. The highest BCUT2D eigenvalue weighted by molar-refractivity contribution is 7.18. The Morgan fingerprint density at radius 1 is 1.21 bits per heavy atom. The maximum atomic E-state index is 12.5. The number of amides is 1. The Bertz CT molecular complexity index is 1020. The number of carbonyl (C=O) groups excluding carboxylic acids is 1. The minimum atomic E-state index is -0.189. The molecule has 2 heterocycles. The topological polar surface area (TPSA) is 85.6 Å². The molecule has 0 bridgehead atoms. The van der Waals surface area contributed by atoms with Gasteiger partial charge in [0, 0.05) is 11.3 Å². The molecule has 8 heteroatoms. The van der Waals surface area contributed by atoms with Crippen LogP contribution in [0.4, 0.5) is 5.69 Å². The highest BCUT2D eigenvalue weighted by Crippen LogP contribution is 2.25. The van der Waals surface area contributed by atoms with Gasteiger partial charge in [-0.15, -0.1) is 16.4 Å². The minimum Gasteiger partial charge on any atom is -0.322 e. The first-order valence-electron chi connectivity index (χ1n) is 7.21. The number of rotatable bonds is 3. The van der Waals surface area contributed by atoms with Crippen LogP contribution in [0.15, 0.2) is 48.8 Å². The highest BCUT2D eigenvalue weighted by Gasteiger charge is 2.09. The van der Waals surface area contributed by atoms with Gasteiger partial charge in [-0.1, -0.05) is 6.07 Å². The summed E-state index contributed by atoms with van der Waals surface area (Å²) in [6.07, 6.45) is 1.48. The second-order valence-corrected chi connectivity index (χ2v) is 6.41. The lowest BCUT2D eigenvalue weighted by molar-refractivity contribution is 0.102. The lowest BCUT2D eigenvalue weighted by atomic mass is 10.2. The van der Waals surface area contributed by atoms with Crippen molar-refractivity contribution in [3.05, 3.63) is 59.4 Å². The Labute approximate surface area is 141 Å². The number of thiazole rings is 1. The number of aryl methyl sites for hydroxylation is 1. The number of nitrogens with one attached hydrogen (secondary N) is 1. The predicted octanol–water partition coefficient (Wildman–Crippen LogP) is 2.83. The van der Waals surface area contributed by atoms with Crippen LogP contribution in [0, 0.1) is 6.92 Å². The number of nitrogens with zero attached hydrogens (tertiary/aromatic N) is 5. The van der Waals surface area contributed by atoms with E-state index in [0.29, 0.717) is 5.56 Å². The van der Waals surface area contributed by atoms with Crippen molar-refractivity contribution < 1.29 is 4.79 Å². The summed E-state index contributed by atoms with van der Waals surface area (Å²) >= 11 is 1.60. The van der Waals surface area contributed by atoms with Crippen LogP contribution in [-0.2, 0) is 0 Å². The van der Waals surface area contributed by atoms with Crippen LogP contribution in [0.1, 0.15) is 15.4 Å². The molecule has 0 atom stereocenters. The standard InChI is InChI=1S/C16H12N6OS/c1-10-18-14-6-5-12(8-15(14)24-10)19-16(23)11-3-2-4-13(7-11)22-9-17-20-21-22/h2-9H,1H3,(H,19,23). The zero-order chi connectivity index (χ0) is 16.5. The van der Waals surface area contributed by atoms with E-state index in [1.165, 1.54) is 11.0 Å². The molecule has 7 nitrogen and oxygen atoms in total. The van der Waals surface area contributed by atoms with Gasteiger partial charge in [0.1, 0.15) is 6.33 Å². The summed E-state index contributed by atoms with van der Waals surface area (Å²) in [5.74, 6) is -0.189. The average molecular weight is 336 g/mol. The van der Waals surface area contributed by atoms with Crippen LogP contribution in [0.5, 0.6) is 0 Å². The van der Waals surface area contributed by atoms with Gasteiger partial charge in [0.15, 0.2) is 0 Å². The smallest absolute Gasteiger partial charge is 0.255 e. The zero-order valence-electron chi connectivity index (χ0n) is 12.7. The van der Waals surface area contributed by atoms with Crippen LogP contribution in [-0.4, -0.2) is 31.1 Å². The molecule has 2 aromatic carbocycles. The third kappa shape index (κ3) is 2.74. The number of hydrogen-bond acceptors (Lipinski definition) is 6. The van der Waals surface area contributed by atoms with E-state index >= 15 is 0 Å². The number of carbonyl (C=O) groups is 1. The van der Waals surface area contributed by atoms with Crippen LogP contribution >= 0.6 is 11.3 Å². The molecule has 0 spiro atoms. The van der Waals surface area contributed by atoms with Gasteiger partial charge in [0.05, 0.1) is 20.9 Å². The zero-order valence-corrected chi connectivity index (χ0v) is 13.5. The molecular weight excluding hydrogens is 324 g/mol. The van der Waals surface area contributed by atoms with Crippen molar-refractivity contribution in [3.8, 4) is 5.69 Å². The maximum absolute atomic E-state index is 12.5. The first kappa shape index (κ1) is 14.5. The van der Waals surface area contributed by atoms with Gasteiger partial charge in [0.2, 0.25) is 0 Å². The molecule has 0 saturated carbocycles. The third-order valence-electron chi connectivity index (χ3n) is 3.48. The van der Waals surface area contributed by atoms with E-state index < -0.39 is 0 Å². The molecule has 0 unspecified atom stereocenters. The van der Waals surface area contributed by atoms with Crippen LogP contribution < -0.4 is 5.32 Å². The normalized spacial score (nSPS) is 10.9. The van der Waals surface area contributed by atoms with Gasteiger partial charge in [0.25, 0.3) is 5.91 Å². The van der Waals surface area contributed by atoms with E-state index in [2.05, 4.69) is 25.8 Å². The molecule has 0 aliphatic heterocycles. The number of benzene rings is 2. The summed E-state index contributed by atoms with van der Waals surface area (Å²) in [6, 6.07) is 12.8. The second kappa shape index (κ2) is 5.82. The quantitative estimate of drug-likeness (QED) is 0.622. The summed E-state index contributed by atoms with van der Waals surface area (Å²) in [5, 5.41) is 14.9. The SMILES string of the molecule is Cc1nc2ccc(NC(=O)c3cccc(-n4cnnn4)c3)cc2s1. The predicted molar refractivity (Wildman–Crippen MR) is 91.5 cm³/mol. The Morgan fingerprint density at radius 3 is 2.96 bits per heavy atom. The molecule has 0 fully saturated rings. The number of fused-ring (bicyclic) bond motifs is 1. The van der Waals surface area contributed by atoms with Crippen molar-refractivity contribution in [1.82, 2.24) is 25.2 Å². The molecular formula is C16H12N6OS. The monoisotopic (exact) mass is 336 g/mol. The largest absolute Gasteiger partial charge is 0.322 e. The number of aromatic nitrogens is 5. The van der Waals surface area contributed by atoms with Crippen molar-refractivity contribution in [2.45, 2.75) is 6.92 Å². The van der Waals surface area contributed by atoms with Gasteiger partial charge >= 0.3 is 0 Å². The van der Waals surface area contributed by atoms with Crippen molar-refractivity contribution in [2.24, 2.45) is 0 Å². The number of hydrogen-bond donors (Lipinski definition) is 1. The average Bonchev–Trinajstić information content (AvgIpc) is 3.23. The molecule has 4 rings (SSSR count). The first-order valence-corrected chi connectivity index (χ1v) is 8.03. The molecule has 118 valence electrons. The van der Waals surface area contributed by atoms with Crippen molar-refractivity contribution >= 4 is 33.1 Å². The van der Waals surface area contributed by atoms with E-state index in [4.69, 9.17) is 0 Å². The molecule has 0 aliphatic rings. The van der Waals surface area contributed by atoms with Crippen LogP contribution in [0.2, 0.25) is 0 Å². The Kier molecular flexibility index (Phi) is 3.51. The molecule has 0 saturated heterocycles. The Morgan fingerprint density at radius 2 is 2.12 bits per heavy atom. The van der Waals surface area contributed by atoms with E-state index in [9.17, 15) is 4.79 Å². The molecule has 4 aromatic rings. The van der Waals surface area contributed by atoms with Crippen molar-refractivity contribution in [1.29, 1.82) is 0 Å². The third-order valence-corrected chi connectivity index (χ3v) is 4.41. The van der Waals surface area contributed by atoms with E-state index in [1.54, 1.807) is 29.5 Å². The maximum Gasteiger partial charge on any atom is 0.255 e. The molecule has 2 aromatic heterocycles. The first-order chi connectivity index (χ1) is 11.7.